The molecule has 0 saturated heterocycles. The Labute approximate surface area is 223 Å². The topological polar surface area (TPSA) is 118 Å². The van der Waals surface area contributed by atoms with Crippen LogP contribution in [0.15, 0.2) is 65.8 Å². The fraction of sp³-hybridized carbons (Fsp3) is 0.154. The SMILES string of the molecule is CCOc1cc(C=NNC(=O)C(=O)Nc2ccc(NC(C)=O)cc2)ccc1OCc1ccc(Cl)cc1Cl. The molecule has 0 bridgehead atoms. The van der Waals surface area contributed by atoms with Crippen LogP contribution in [0.2, 0.25) is 10.0 Å². The van der Waals surface area contributed by atoms with E-state index in [4.69, 9.17) is 32.7 Å². The lowest BCUT2D eigenvalue weighted by molar-refractivity contribution is -0.136. The molecular weight excluding hydrogens is 519 g/mol. The van der Waals surface area contributed by atoms with Crippen molar-refractivity contribution < 1.29 is 23.9 Å². The first-order chi connectivity index (χ1) is 17.7. The summed E-state index contributed by atoms with van der Waals surface area (Å²) in [6.07, 6.45) is 1.37. The number of carbonyl (C=O) groups excluding carboxylic acids is 3. The van der Waals surface area contributed by atoms with Crippen LogP contribution in [0.25, 0.3) is 0 Å². The molecule has 0 saturated carbocycles. The highest BCUT2D eigenvalue weighted by Crippen LogP contribution is 2.30. The Morgan fingerprint density at radius 1 is 0.865 bits per heavy atom. The Bertz CT molecular complexity index is 1310. The highest BCUT2D eigenvalue weighted by atomic mass is 35.5. The summed E-state index contributed by atoms with van der Waals surface area (Å²) in [5.41, 5.74) is 4.50. The average molecular weight is 543 g/mol. The third kappa shape index (κ3) is 8.52. The van der Waals surface area contributed by atoms with E-state index in [0.717, 1.165) is 5.56 Å². The molecule has 3 N–H and O–H groups in total. The van der Waals surface area contributed by atoms with Gasteiger partial charge in [-0.2, -0.15) is 5.10 Å². The number of benzene rings is 3. The molecule has 0 aliphatic rings. The van der Waals surface area contributed by atoms with E-state index in [9.17, 15) is 14.4 Å². The van der Waals surface area contributed by atoms with E-state index in [1.54, 1.807) is 60.7 Å². The van der Waals surface area contributed by atoms with Crippen LogP contribution in [0.4, 0.5) is 11.4 Å². The van der Waals surface area contributed by atoms with Crippen LogP contribution in [0.1, 0.15) is 25.0 Å². The number of rotatable bonds is 9. The van der Waals surface area contributed by atoms with Gasteiger partial charge in [-0.15, -0.1) is 0 Å². The van der Waals surface area contributed by atoms with Gasteiger partial charge in [-0.1, -0.05) is 29.3 Å². The molecule has 0 radical (unpaired) electrons. The molecule has 0 aliphatic carbocycles. The van der Waals surface area contributed by atoms with Gasteiger partial charge in [0, 0.05) is 33.9 Å². The number of nitrogens with one attached hydrogen (secondary N) is 3. The first-order valence-electron chi connectivity index (χ1n) is 11.1. The molecule has 0 aromatic heterocycles. The van der Waals surface area contributed by atoms with Crippen LogP contribution in [0, 0.1) is 0 Å². The van der Waals surface area contributed by atoms with E-state index < -0.39 is 11.8 Å². The lowest BCUT2D eigenvalue weighted by Crippen LogP contribution is -2.32. The van der Waals surface area contributed by atoms with Gasteiger partial charge in [-0.05, 0) is 67.1 Å². The number of hydrogen-bond acceptors (Lipinski definition) is 6. The monoisotopic (exact) mass is 542 g/mol. The summed E-state index contributed by atoms with van der Waals surface area (Å²) in [4.78, 5) is 35.3. The second-order valence-electron chi connectivity index (χ2n) is 7.58. The van der Waals surface area contributed by atoms with Crippen molar-refractivity contribution in [1.29, 1.82) is 0 Å². The maximum atomic E-state index is 12.1. The number of hydrazone groups is 1. The van der Waals surface area contributed by atoms with Gasteiger partial charge in [0.25, 0.3) is 0 Å². The lowest BCUT2D eigenvalue weighted by Gasteiger charge is -2.13. The van der Waals surface area contributed by atoms with Crippen LogP contribution in [0.5, 0.6) is 11.5 Å². The number of halogens is 2. The van der Waals surface area contributed by atoms with E-state index in [-0.39, 0.29) is 12.5 Å². The van der Waals surface area contributed by atoms with Crippen LogP contribution in [0.3, 0.4) is 0 Å². The van der Waals surface area contributed by atoms with Gasteiger partial charge < -0.3 is 20.1 Å². The van der Waals surface area contributed by atoms with Crippen molar-refractivity contribution in [1.82, 2.24) is 5.43 Å². The van der Waals surface area contributed by atoms with E-state index in [1.165, 1.54) is 13.1 Å². The van der Waals surface area contributed by atoms with Crippen molar-refractivity contribution in [2.24, 2.45) is 5.10 Å². The Morgan fingerprint density at radius 3 is 2.22 bits per heavy atom. The zero-order valence-electron chi connectivity index (χ0n) is 20.0. The summed E-state index contributed by atoms with van der Waals surface area (Å²) in [6, 6.07) is 16.6. The Hall–Kier alpha value is -4.08. The van der Waals surface area contributed by atoms with Gasteiger partial charge in [0.15, 0.2) is 11.5 Å². The molecular formula is C26H24Cl2N4O5. The number of nitrogens with zero attached hydrogens (tertiary/aromatic N) is 1. The minimum atomic E-state index is -0.952. The minimum absolute atomic E-state index is 0.213. The van der Waals surface area contributed by atoms with Crippen molar-refractivity contribution >= 4 is 58.5 Å². The normalized spacial score (nSPS) is 10.6. The molecule has 0 unspecified atom stereocenters. The number of ether oxygens (including phenoxy) is 2. The second kappa shape index (κ2) is 13.3. The number of anilines is 2. The van der Waals surface area contributed by atoms with Crippen LogP contribution >= 0.6 is 23.2 Å². The molecule has 37 heavy (non-hydrogen) atoms. The molecule has 3 aromatic rings. The third-order valence-corrected chi connectivity index (χ3v) is 5.30. The van der Waals surface area contributed by atoms with Crippen LogP contribution in [-0.2, 0) is 21.0 Å². The fourth-order valence-corrected chi connectivity index (χ4v) is 3.49. The van der Waals surface area contributed by atoms with E-state index in [0.29, 0.717) is 45.1 Å². The summed E-state index contributed by atoms with van der Waals surface area (Å²) in [6.45, 7) is 3.85. The van der Waals surface area contributed by atoms with Crippen LogP contribution < -0.4 is 25.5 Å². The van der Waals surface area contributed by atoms with Crippen molar-refractivity contribution in [2.45, 2.75) is 20.5 Å². The van der Waals surface area contributed by atoms with E-state index >= 15 is 0 Å². The van der Waals surface area contributed by atoms with Gasteiger partial charge in [0.1, 0.15) is 6.61 Å². The summed E-state index contributed by atoms with van der Waals surface area (Å²) in [5, 5.41) is 9.93. The maximum absolute atomic E-state index is 12.1. The molecule has 0 heterocycles. The van der Waals surface area contributed by atoms with Crippen molar-refractivity contribution in [3.63, 3.8) is 0 Å². The zero-order valence-corrected chi connectivity index (χ0v) is 21.5. The molecule has 3 aromatic carbocycles. The van der Waals surface area contributed by atoms with Gasteiger partial charge >= 0.3 is 11.8 Å². The van der Waals surface area contributed by atoms with Crippen molar-refractivity contribution in [2.75, 3.05) is 17.2 Å². The zero-order chi connectivity index (χ0) is 26.8. The summed E-state index contributed by atoms with van der Waals surface area (Å²) >= 11 is 12.1. The molecule has 11 heteroatoms. The van der Waals surface area contributed by atoms with E-state index in [1.807, 2.05) is 6.92 Å². The smallest absolute Gasteiger partial charge is 0.329 e. The Kier molecular flexibility index (Phi) is 9.88. The van der Waals surface area contributed by atoms with Crippen molar-refractivity contribution in [3.05, 3.63) is 81.8 Å². The highest BCUT2D eigenvalue weighted by Gasteiger charge is 2.13. The molecule has 9 nitrogen and oxygen atoms in total. The molecule has 3 amide bonds. The molecule has 0 atom stereocenters. The lowest BCUT2D eigenvalue weighted by atomic mass is 10.2. The summed E-state index contributed by atoms with van der Waals surface area (Å²) in [7, 11) is 0. The van der Waals surface area contributed by atoms with Gasteiger partial charge in [-0.25, -0.2) is 5.43 Å². The van der Waals surface area contributed by atoms with Gasteiger partial charge in [0.2, 0.25) is 5.91 Å². The number of hydrogen-bond donors (Lipinski definition) is 3. The summed E-state index contributed by atoms with van der Waals surface area (Å²) < 4.78 is 11.5. The van der Waals surface area contributed by atoms with Gasteiger partial charge in [-0.3, -0.25) is 14.4 Å². The molecule has 0 aliphatic heterocycles. The van der Waals surface area contributed by atoms with E-state index in [2.05, 4.69) is 21.2 Å². The summed E-state index contributed by atoms with van der Waals surface area (Å²) in [5.74, 6) is -1.09. The molecule has 0 spiro atoms. The first kappa shape index (κ1) is 27.5. The highest BCUT2D eigenvalue weighted by molar-refractivity contribution is 6.39. The maximum Gasteiger partial charge on any atom is 0.329 e. The van der Waals surface area contributed by atoms with Gasteiger partial charge in [0.05, 0.1) is 12.8 Å². The predicted molar refractivity (Wildman–Crippen MR) is 144 cm³/mol. The quantitative estimate of drug-likeness (QED) is 0.199. The third-order valence-electron chi connectivity index (χ3n) is 4.71. The first-order valence-corrected chi connectivity index (χ1v) is 11.9. The minimum Gasteiger partial charge on any atom is -0.490 e. The van der Waals surface area contributed by atoms with Crippen LogP contribution in [-0.4, -0.2) is 30.5 Å². The molecule has 3 rings (SSSR count). The Balaban J connectivity index is 1.57. The predicted octanol–water partition coefficient (Wildman–Crippen LogP) is 5.02. The number of carbonyl (C=O) groups is 3. The Morgan fingerprint density at radius 2 is 1.57 bits per heavy atom. The number of amides is 3. The van der Waals surface area contributed by atoms with Crippen molar-refractivity contribution in [3.8, 4) is 11.5 Å². The average Bonchev–Trinajstić information content (AvgIpc) is 2.85. The fourth-order valence-electron chi connectivity index (χ4n) is 3.03. The molecule has 192 valence electrons. The second-order valence-corrected chi connectivity index (χ2v) is 8.42. The standard InChI is InChI=1S/C26H24Cl2N4O5/c1-3-36-24-12-17(4-11-23(24)37-15-18-5-6-19(27)13-22(18)28)14-29-32-26(35)25(34)31-21-9-7-20(8-10-21)30-16(2)33/h4-14H,3,15H2,1-2H3,(H,30,33)(H,31,34)(H,32,35). The molecule has 0 fully saturated rings. The largest absolute Gasteiger partial charge is 0.490 e.